The van der Waals surface area contributed by atoms with Crippen molar-refractivity contribution in [3.8, 4) is 10.4 Å². The van der Waals surface area contributed by atoms with E-state index >= 15 is 0 Å². The molecule has 0 fully saturated rings. The van der Waals surface area contributed by atoms with Crippen LogP contribution in [0.15, 0.2) is 97.2 Å². The minimum atomic E-state index is -0.0355. The van der Waals surface area contributed by atoms with Crippen LogP contribution in [0.25, 0.3) is 10.4 Å². The molecule has 4 rings (SSSR count). The molecular formula is C24H20N2OS. The van der Waals surface area contributed by atoms with Gasteiger partial charge in [-0.1, -0.05) is 102 Å². The Kier molecular flexibility index (Phi) is 5.59. The highest BCUT2D eigenvalue weighted by atomic mass is 32.1. The van der Waals surface area contributed by atoms with Gasteiger partial charge in [-0.15, -0.1) is 0 Å². The Labute approximate surface area is 168 Å². The summed E-state index contributed by atoms with van der Waals surface area (Å²) < 4.78 is 0. The monoisotopic (exact) mass is 384 g/mol. The van der Waals surface area contributed by atoms with Gasteiger partial charge in [0.05, 0.1) is 4.88 Å². The van der Waals surface area contributed by atoms with Gasteiger partial charge in [-0.3, -0.25) is 4.79 Å². The lowest BCUT2D eigenvalue weighted by molar-refractivity contribution is -0.116. The molecule has 0 saturated carbocycles. The van der Waals surface area contributed by atoms with Crippen LogP contribution in [0.2, 0.25) is 0 Å². The summed E-state index contributed by atoms with van der Waals surface area (Å²) in [5, 5.41) is 3.60. The number of hydrogen-bond acceptors (Lipinski definition) is 3. The van der Waals surface area contributed by atoms with Gasteiger partial charge in [0.2, 0.25) is 5.91 Å². The van der Waals surface area contributed by atoms with Crippen LogP contribution >= 0.6 is 11.3 Å². The van der Waals surface area contributed by atoms with E-state index < -0.39 is 0 Å². The van der Waals surface area contributed by atoms with Crippen LogP contribution in [0.4, 0.5) is 5.13 Å². The molecule has 3 aromatic carbocycles. The molecule has 0 radical (unpaired) electrons. The fraction of sp³-hybridized carbons (Fsp3) is 0.0833. The third-order valence-electron chi connectivity index (χ3n) is 4.60. The molecule has 0 unspecified atom stereocenters. The first-order valence-electron chi connectivity index (χ1n) is 9.20. The third kappa shape index (κ3) is 4.35. The van der Waals surface area contributed by atoms with Crippen molar-refractivity contribution in [3.05, 3.63) is 108 Å². The second-order valence-corrected chi connectivity index (χ2v) is 7.55. The highest BCUT2D eigenvalue weighted by molar-refractivity contribution is 7.19. The van der Waals surface area contributed by atoms with Crippen molar-refractivity contribution in [1.29, 1.82) is 0 Å². The second-order valence-electron chi connectivity index (χ2n) is 6.52. The Morgan fingerprint density at radius 1 is 0.821 bits per heavy atom. The van der Waals surface area contributed by atoms with Crippen LogP contribution < -0.4 is 5.32 Å². The Morgan fingerprint density at radius 2 is 1.36 bits per heavy atom. The average molecular weight is 385 g/mol. The van der Waals surface area contributed by atoms with Gasteiger partial charge in [-0.05, 0) is 16.7 Å². The topological polar surface area (TPSA) is 42.0 Å². The van der Waals surface area contributed by atoms with Gasteiger partial charge >= 0.3 is 0 Å². The predicted octanol–water partition coefficient (Wildman–Crippen LogP) is 5.97. The Balaban J connectivity index is 1.50. The number of nitrogens with zero attached hydrogens (tertiary/aromatic N) is 1. The molecule has 0 aliphatic rings. The number of benzene rings is 3. The summed E-state index contributed by atoms with van der Waals surface area (Å²) in [6.07, 6.45) is 2.18. The van der Waals surface area contributed by atoms with Crippen LogP contribution in [0, 0.1) is 0 Å². The van der Waals surface area contributed by atoms with Gasteiger partial charge in [0.1, 0.15) is 0 Å². The lowest BCUT2D eigenvalue weighted by Gasteiger charge is -2.17. The van der Waals surface area contributed by atoms with Crippen molar-refractivity contribution in [2.45, 2.75) is 12.3 Å². The Morgan fingerprint density at radius 3 is 1.93 bits per heavy atom. The van der Waals surface area contributed by atoms with Gasteiger partial charge < -0.3 is 5.32 Å². The zero-order valence-corrected chi connectivity index (χ0v) is 16.1. The largest absolute Gasteiger partial charge is 0.302 e. The summed E-state index contributed by atoms with van der Waals surface area (Å²) in [5.41, 5.74) is 3.37. The summed E-state index contributed by atoms with van der Waals surface area (Å²) in [4.78, 5) is 18.2. The first-order valence-corrected chi connectivity index (χ1v) is 10.0. The molecule has 1 N–H and O–H groups in total. The molecular weight excluding hydrogens is 364 g/mol. The number of rotatable bonds is 6. The lowest BCUT2D eigenvalue weighted by Crippen LogP contribution is -2.16. The van der Waals surface area contributed by atoms with E-state index in [0.29, 0.717) is 11.6 Å². The maximum Gasteiger partial charge on any atom is 0.227 e. The van der Waals surface area contributed by atoms with Crippen LogP contribution in [-0.2, 0) is 4.79 Å². The normalized spacial score (nSPS) is 10.8. The smallest absolute Gasteiger partial charge is 0.227 e. The minimum Gasteiger partial charge on any atom is -0.302 e. The molecule has 0 saturated heterocycles. The zero-order chi connectivity index (χ0) is 19.2. The van der Waals surface area contributed by atoms with E-state index in [-0.39, 0.29) is 11.8 Å². The maximum absolute atomic E-state index is 12.8. The molecule has 0 aliphatic heterocycles. The zero-order valence-electron chi connectivity index (χ0n) is 15.3. The summed E-state index contributed by atoms with van der Waals surface area (Å²) in [6, 6.07) is 30.4. The Bertz CT molecular complexity index is 990. The van der Waals surface area contributed by atoms with Crippen molar-refractivity contribution in [3.63, 3.8) is 0 Å². The van der Waals surface area contributed by atoms with Crippen molar-refractivity contribution < 1.29 is 4.79 Å². The molecule has 1 amide bonds. The predicted molar refractivity (Wildman–Crippen MR) is 116 cm³/mol. The van der Waals surface area contributed by atoms with Gasteiger partial charge in [0, 0.05) is 18.5 Å². The third-order valence-corrected chi connectivity index (χ3v) is 5.57. The first-order chi connectivity index (χ1) is 13.8. The number of nitrogens with one attached hydrogen (secondary N) is 1. The van der Waals surface area contributed by atoms with E-state index in [1.165, 1.54) is 11.3 Å². The van der Waals surface area contributed by atoms with Crippen molar-refractivity contribution >= 4 is 22.4 Å². The molecule has 4 aromatic rings. The van der Waals surface area contributed by atoms with E-state index in [4.69, 9.17) is 0 Å². The van der Waals surface area contributed by atoms with E-state index in [9.17, 15) is 4.79 Å². The van der Waals surface area contributed by atoms with Gasteiger partial charge in [0.25, 0.3) is 0 Å². The maximum atomic E-state index is 12.8. The molecule has 0 atom stereocenters. The summed E-state index contributed by atoms with van der Waals surface area (Å²) in [6.45, 7) is 0. The Hall–Kier alpha value is -3.24. The molecule has 1 aromatic heterocycles. The van der Waals surface area contributed by atoms with Gasteiger partial charge in [-0.25, -0.2) is 4.98 Å². The molecule has 138 valence electrons. The number of aromatic nitrogens is 1. The number of anilines is 1. The van der Waals surface area contributed by atoms with Crippen molar-refractivity contribution in [2.75, 3.05) is 5.32 Å². The minimum absolute atomic E-state index is 0.0101. The number of thiazole rings is 1. The van der Waals surface area contributed by atoms with Crippen LogP contribution in [0.3, 0.4) is 0 Å². The fourth-order valence-electron chi connectivity index (χ4n) is 3.22. The van der Waals surface area contributed by atoms with E-state index in [2.05, 4.69) is 34.6 Å². The van der Waals surface area contributed by atoms with E-state index in [1.807, 2.05) is 72.9 Å². The summed E-state index contributed by atoms with van der Waals surface area (Å²) >= 11 is 1.49. The van der Waals surface area contributed by atoms with Crippen molar-refractivity contribution in [1.82, 2.24) is 4.98 Å². The molecule has 28 heavy (non-hydrogen) atoms. The number of hydrogen-bond donors (Lipinski definition) is 1. The van der Waals surface area contributed by atoms with Crippen LogP contribution in [-0.4, -0.2) is 10.9 Å². The second kappa shape index (κ2) is 8.63. The summed E-state index contributed by atoms with van der Waals surface area (Å²) in [7, 11) is 0. The SMILES string of the molecule is O=C(CC(c1ccccc1)c1ccccc1)Nc1ncc(-c2ccccc2)s1. The molecule has 3 nitrogen and oxygen atoms in total. The van der Waals surface area contributed by atoms with Gasteiger partial charge in [0.15, 0.2) is 5.13 Å². The average Bonchev–Trinajstić information content (AvgIpc) is 3.22. The molecule has 4 heteroatoms. The highest BCUT2D eigenvalue weighted by Crippen LogP contribution is 2.31. The summed E-state index contributed by atoms with van der Waals surface area (Å²) in [5.74, 6) is -0.0253. The first kappa shape index (κ1) is 18.1. The molecule has 1 heterocycles. The van der Waals surface area contributed by atoms with Crippen LogP contribution in [0.5, 0.6) is 0 Å². The molecule has 0 bridgehead atoms. The number of carbonyl (C=O) groups is 1. The fourth-order valence-corrected chi connectivity index (χ4v) is 4.06. The quantitative estimate of drug-likeness (QED) is 0.445. The van der Waals surface area contributed by atoms with Crippen LogP contribution in [0.1, 0.15) is 23.5 Å². The van der Waals surface area contributed by atoms with E-state index in [1.54, 1.807) is 0 Å². The lowest BCUT2D eigenvalue weighted by atomic mass is 9.88. The van der Waals surface area contributed by atoms with E-state index in [0.717, 1.165) is 21.6 Å². The van der Waals surface area contributed by atoms with Crippen molar-refractivity contribution in [2.24, 2.45) is 0 Å². The number of carbonyl (C=O) groups excluding carboxylic acids is 1. The molecule has 0 spiro atoms. The molecule has 0 aliphatic carbocycles. The standard InChI is InChI=1S/C24H20N2OS/c27-23(26-24-25-17-22(28-24)20-14-8-3-9-15-20)16-21(18-10-4-1-5-11-18)19-12-6-2-7-13-19/h1-15,17,21H,16H2,(H,25,26,27). The van der Waals surface area contributed by atoms with Gasteiger partial charge in [-0.2, -0.15) is 0 Å². The number of amides is 1. The highest BCUT2D eigenvalue weighted by Gasteiger charge is 2.19.